The lowest BCUT2D eigenvalue weighted by Crippen LogP contribution is -2.65. The first-order valence-corrected chi connectivity index (χ1v) is 8.90. The van der Waals surface area contributed by atoms with Crippen LogP contribution in [0.5, 0.6) is 0 Å². The molecule has 4 atom stereocenters. The van der Waals surface area contributed by atoms with Crippen molar-refractivity contribution in [1.82, 2.24) is 9.80 Å². The van der Waals surface area contributed by atoms with Crippen LogP contribution in [-0.2, 0) is 20.4 Å². The summed E-state index contributed by atoms with van der Waals surface area (Å²) in [6.07, 6.45) is 3.30. The maximum Gasteiger partial charge on any atom is 0.246 e. The molecule has 0 N–H and O–H groups in total. The fraction of sp³-hybridized carbons (Fsp3) is 0.857. The molecule has 0 aromatic carbocycles. The van der Waals surface area contributed by atoms with Crippen LogP contribution < -0.4 is 0 Å². The third-order valence-electron chi connectivity index (χ3n) is 4.34. The Bertz CT molecular complexity index is 438. The molecule has 5 nitrogen and oxygen atoms in total. The van der Waals surface area contributed by atoms with E-state index in [2.05, 4.69) is 0 Å². The molecule has 2 aliphatic rings. The van der Waals surface area contributed by atoms with Gasteiger partial charge in [-0.15, -0.1) is 0 Å². The second-order valence-corrected chi connectivity index (χ2v) is 7.98. The number of fused-ring (bicyclic) bond motifs is 1. The minimum Gasteiger partial charge on any atom is -0.329 e. The molecule has 2 aliphatic heterocycles. The van der Waals surface area contributed by atoms with Gasteiger partial charge in [-0.2, -0.15) is 0 Å². The number of hydrogen-bond acceptors (Lipinski definition) is 3. The molecule has 0 spiro atoms. The van der Waals surface area contributed by atoms with Gasteiger partial charge >= 0.3 is 0 Å². The van der Waals surface area contributed by atoms with Crippen molar-refractivity contribution >= 4 is 22.6 Å². The van der Waals surface area contributed by atoms with Crippen molar-refractivity contribution in [3.8, 4) is 0 Å². The third-order valence-corrected chi connectivity index (χ3v) is 5.63. The molecule has 2 heterocycles. The summed E-state index contributed by atoms with van der Waals surface area (Å²) in [6.45, 7) is 6.90. The number of piperazine rings is 1. The van der Waals surface area contributed by atoms with Gasteiger partial charge in [0.1, 0.15) is 12.1 Å². The highest BCUT2D eigenvalue weighted by molar-refractivity contribution is 7.84. The summed E-state index contributed by atoms with van der Waals surface area (Å²) in [5.74, 6) is 0.180. The molecule has 114 valence electrons. The van der Waals surface area contributed by atoms with E-state index in [0.717, 1.165) is 12.8 Å². The predicted octanol–water partition coefficient (Wildman–Crippen LogP) is 0.611. The van der Waals surface area contributed by atoms with Gasteiger partial charge in [0.05, 0.1) is 0 Å². The third kappa shape index (κ3) is 2.62. The van der Waals surface area contributed by atoms with Gasteiger partial charge in [0.2, 0.25) is 11.8 Å². The Morgan fingerprint density at radius 1 is 1.25 bits per heavy atom. The lowest BCUT2D eigenvalue weighted by molar-refractivity contribution is -0.161. The highest BCUT2D eigenvalue weighted by atomic mass is 32.2. The van der Waals surface area contributed by atoms with Gasteiger partial charge in [-0.05, 0) is 25.7 Å². The molecule has 0 radical (unpaired) electrons. The normalized spacial score (nSPS) is 29.9. The summed E-state index contributed by atoms with van der Waals surface area (Å²) in [6, 6.07) is -0.683. The van der Waals surface area contributed by atoms with Crippen molar-refractivity contribution in [2.75, 3.05) is 19.3 Å². The van der Waals surface area contributed by atoms with Gasteiger partial charge in [-0.3, -0.25) is 13.8 Å². The molecule has 2 fully saturated rings. The second kappa shape index (κ2) is 5.84. The van der Waals surface area contributed by atoms with Crippen LogP contribution in [0.2, 0.25) is 0 Å². The van der Waals surface area contributed by atoms with Gasteiger partial charge in [0.25, 0.3) is 0 Å². The number of rotatable bonds is 4. The molecular weight excluding hydrogens is 276 g/mol. The van der Waals surface area contributed by atoms with Gasteiger partial charge in [-0.1, -0.05) is 13.8 Å². The zero-order valence-electron chi connectivity index (χ0n) is 12.7. The van der Waals surface area contributed by atoms with E-state index in [1.165, 1.54) is 0 Å². The predicted molar refractivity (Wildman–Crippen MR) is 78.6 cm³/mol. The first kappa shape index (κ1) is 15.5. The fourth-order valence-corrected chi connectivity index (χ4v) is 3.52. The summed E-state index contributed by atoms with van der Waals surface area (Å²) in [4.78, 5) is 28.7. The highest BCUT2D eigenvalue weighted by Crippen LogP contribution is 2.30. The molecule has 20 heavy (non-hydrogen) atoms. The maximum atomic E-state index is 12.7. The maximum absolute atomic E-state index is 12.7. The molecule has 0 aromatic rings. The largest absolute Gasteiger partial charge is 0.329 e. The molecule has 6 heteroatoms. The van der Waals surface area contributed by atoms with E-state index in [1.54, 1.807) is 16.1 Å². The van der Waals surface area contributed by atoms with Crippen LogP contribution in [0.4, 0.5) is 0 Å². The van der Waals surface area contributed by atoms with Crippen LogP contribution in [0.15, 0.2) is 0 Å². The zero-order chi connectivity index (χ0) is 15.0. The smallest absolute Gasteiger partial charge is 0.246 e. The molecule has 0 aliphatic carbocycles. The van der Waals surface area contributed by atoms with Crippen molar-refractivity contribution in [3.63, 3.8) is 0 Å². The van der Waals surface area contributed by atoms with Crippen molar-refractivity contribution in [1.29, 1.82) is 0 Å². The zero-order valence-corrected chi connectivity index (χ0v) is 13.5. The fourth-order valence-electron chi connectivity index (χ4n) is 3.15. The van der Waals surface area contributed by atoms with Gasteiger partial charge in [0, 0.05) is 35.4 Å². The van der Waals surface area contributed by atoms with E-state index in [9.17, 15) is 13.8 Å². The lowest BCUT2D eigenvalue weighted by Gasteiger charge is -2.44. The standard InChI is InChI=1S/C14H24N2O3S/c1-9(2)12-14(18)15-7-5-6-11(15)13(17)16(12)8-10(3)20(4)19/h9-12H,5-8H2,1-4H3. The van der Waals surface area contributed by atoms with Gasteiger partial charge < -0.3 is 9.80 Å². The Labute approximate surface area is 123 Å². The first-order valence-electron chi connectivity index (χ1n) is 7.27. The molecule has 0 saturated carbocycles. The Morgan fingerprint density at radius 3 is 2.45 bits per heavy atom. The summed E-state index contributed by atoms with van der Waals surface area (Å²) >= 11 is 0. The molecular formula is C14H24N2O3S. The van der Waals surface area contributed by atoms with Gasteiger partial charge in [-0.25, -0.2) is 0 Å². The van der Waals surface area contributed by atoms with Crippen molar-refractivity contribution in [3.05, 3.63) is 0 Å². The summed E-state index contributed by atoms with van der Waals surface area (Å²) in [5.41, 5.74) is 0. The van der Waals surface area contributed by atoms with E-state index >= 15 is 0 Å². The average Bonchev–Trinajstić information content (AvgIpc) is 2.84. The van der Waals surface area contributed by atoms with Crippen LogP contribution in [0.3, 0.4) is 0 Å². The Hall–Kier alpha value is -0.910. The van der Waals surface area contributed by atoms with E-state index in [-0.39, 0.29) is 29.0 Å². The first-order chi connectivity index (χ1) is 9.34. The SMILES string of the molecule is CC(C)C1C(=O)N2CCCC2C(=O)N1CC(C)S(C)=O. The molecule has 2 amide bonds. The molecule has 2 rings (SSSR count). The number of amides is 2. The number of hydrogen-bond donors (Lipinski definition) is 0. The molecule has 2 saturated heterocycles. The van der Waals surface area contributed by atoms with Crippen molar-refractivity contribution in [2.24, 2.45) is 5.92 Å². The number of carbonyl (C=O) groups is 2. The summed E-state index contributed by atoms with van der Waals surface area (Å²) in [5, 5.41) is -0.110. The van der Waals surface area contributed by atoms with Crippen LogP contribution in [0.25, 0.3) is 0 Å². The summed E-state index contributed by atoms with van der Waals surface area (Å²) in [7, 11) is -0.991. The van der Waals surface area contributed by atoms with E-state index in [4.69, 9.17) is 0 Å². The number of nitrogens with zero attached hydrogens (tertiary/aromatic N) is 2. The molecule has 0 bridgehead atoms. The van der Waals surface area contributed by atoms with Crippen LogP contribution in [-0.4, -0.2) is 62.5 Å². The topological polar surface area (TPSA) is 57.7 Å². The highest BCUT2D eigenvalue weighted by Gasteiger charge is 2.48. The Kier molecular flexibility index (Phi) is 4.52. The van der Waals surface area contributed by atoms with Crippen molar-refractivity contribution < 1.29 is 13.8 Å². The lowest BCUT2D eigenvalue weighted by atomic mass is 9.95. The van der Waals surface area contributed by atoms with E-state index in [0.29, 0.717) is 13.1 Å². The molecule has 0 aromatic heterocycles. The second-order valence-electron chi connectivity index (χ2n) is 6.18. The van der Waals surface area contributed by atoms with Crippen LogP contribution >= 0.6 is 0 Å². The Balaban J connectivity index is 2.27. The van der Waals surface area contributed by atoms with Gasteiger partial charge in [0.15, 0.2) is 0 Å². The minimum absolute atomic E-state index is 0.0399. The van der Waals surface area contributed by atoms with E-state index in [1.807, 2.05) is 20.8 Å². The summed E-state index contributed by atoms with van der Waals surface area (Å²) < 4.78 is 11.6. The molecule has 4 unspecified atom stereocenters. The van der Waals surface area contributed by atoms with Crippen LogP contribution in [0.1, 0.15) is 33.6 Å². The van der Waals surface area contributed by atoms with E-state index < -0.39 is 16.8 Å². The minimum atomic E-state index is -0.991. The van der Waals surface area contributed by atoms with Crippen LogP contribution in [0, 0.1) is 5.92 Å². The van der Waals surface area contributed by atoms with Crippen molar-refractivity contribution in [2.45, 2.75) is 50.9 Å². The Morgan fingerprint density at radius 2 is 1.90 bits per heavy atom. The quantitative estimate of drug-likeness (QED) is 0.764. The average molecular weight is 300 g/mol. The number of carbonyl (C=O) groups excluding carboxylic acids is 2. The monoisotopic (exact) mass is 300 g/mol.